The lowest BCUT2D eigenvalue weighted by atomic mass is 10.2. The molecule has 3 nitrogen and oxygen atoms in total. The fraction of sp³-hybridized carbons (Fsp3) is 0.500. The SMILES string of the molecule is CC(C)c1nccn1CC(N)=S. The zero-order valence-electron chi connectivity index (χ0n) is 7.32. The van der Waals surface area contributed by atoms with Crippen molar-refractivity contribution in [2.24, 2.45) is 5.73 Å². The summed E-state index contributed by atoms with van der Waals surface area (Å²) in [6, 6.07) is 0. The van der Waals surface area contributed by atoms with Crippen molar-refractivity contribution < 1.29 is 0 Å². The average molecular weight is 183 g/mol. The minimum Gasteiger partial charge on any atom is -0.392 e. The Balaban J connectivity index is 2.84. The minimum atomic E-state index is 0.411. The molecule has 0 aliphatic carbocycles. The molecule has 1 aromatic heterocycles. The molecule has 0 spiro atoms. The molecule has 66 valence electrons. The van der Waals surface area contributed by atoms with Gasteiger partial charge in [0.1, 0.15) is 5.82 Å². The van der Waals surface area contributed by atoms with Crippen LogP contribution in [0.2, 0.25) is 0 Å². The van der Waals surface area contributed by atoms with Gasteiger partial charge in [0.2, 0.25) is 0 Å². The minimum absolute atomic E-state index is 0.411. The van der Waals surface area contributed by atoms with Crippen molar-refractivity contribution in [2.45, 2.75) is 26.3 Å². The van der Waals surface area contributed by atoms with Gasteiger partial charge >= 0.3 is 0 Å². The molecule has 0 fully saturated rings. The van der Waals surface area contributed by atoms with Crippen molar-refractivity contribution >= 4 is 17.2 Å². The Morgan fingerprint density at radius 2 is 2.42 bits per heavy atom. The van der Waals surface area contributed by atoms with E-state index in [4.69, 9.17) is 18.0 Å². The standard InChI is InChI=1S/C8H13N3S/c1-6(2)8-10-3-4-11(8)5-7(9)12/h3-4,6H,5H2,1-2H3,(H2,9,12). The lowest BCUT2D eigenvalue weighted by Crippen LogP contribution is -2.18. The Labute approximate surface area is 77.6 Å². The molecule has 0 atom stereocenters. The lowest BCUT2D eigenvalue weighted by Gasteiger charge is -2.08. The van der Waals surface area contributed by atoms with Gasteiger partial charge in [-0.25, -0.2) is 4.98 Å². The van der Waals surface area contributed by atoms with E-state index in [1.165, 1.54) is 0 Å². The highest BCUT2D eigenvalue weighted by atomic mass is 32.1. The summed E-state index contributed by atoms with van der Waals surface area (Å²) >= 11 is 4.82. The lowest BCUT2D eigenvalue weighted by molar-refractivity contribution is 0.691. The highest BCUT2D eigenvalue weighted by Crippen LogP contribution is 2.10. The number of hydrogen-bond acceptors (Lipinski definition) is 2. The van der Waals surface area contributed by atoms with E-state index < -0.39 is 0 Å². The Hall–Kier alpha value is -0.900. The highest BCUT2D eigenvalue weighted by molar-refractivity contribution is 7.80. The molecule has 0 saturated heterocycles. The number of nitrogens with zero attached hydrogens (tertiary/aromatic N) is 2. The summed E-state index contributed by atoms with van der Waals surface area (Å²) in [5, 5.41) is 0. The van der Waals surface area contributed by atoms with E-state index in [2.05, 4.69) is 18.8 Å². The van der Waals surface area contributed by atoms with Gasteiger partial charge in [-0.15, -0.1) is 0 Å². The van der Waals surface area contributed by atoms with Gasteiger partial charge < -0.3 is 10.3 Å². The molecule has 0 aromatic carbocycles. The molecule has 0 aliphatic rings. The molecule has 12 heavy (non-hydrogen) atoms. The monoisotopic (exact) mass is 183 g/mol. The molecule has 1 rings (SSSR count). The van der Waals surface area contributed by atoms with Crippen molar-refractivity contribution in [3.05, 3.63) is 18.2 Å². The topological polar surface area (TPSA) is 43.8 Å². The Bertz CT molecular complexity index is 278. The van der Waals surface area contributed by atoms with Crippen LogP contribution >= 0.6 is 12.2 Å². The fourth-order valence-corrected chi connectivity index (χ4v) is 1.26. The number of thiocarbonyl (C=S) groups is 1. The van der Waals surface area contributed by atoms with E-state index in [0.717, 1.165) is 5.82 Å². The third kappa shape index (κ3) is 2.04. The van der Waals surface area contributed by atoms with Crippen LogP contribution in [0.15, 0.2) is 12.4 Å². The van der Waals surface area contributed by atoms with Gasteiger partial charge in [-0.2, -0.15) is 0 Å². The van der Waals surface area contributed by atoms with Crippen LogP contribution in [0, 0.1) is 0 Å². The first-order valence-corrected chi connectivity index (χ1v) is 4.31. The van der Waals surface area contributed by atoms with Crippen molar-refractivity contribution in [3.8, 4) is 0 Å². The molecule has 0 saturated carbocycles. The second-order valence-corrected chi connectivity index (χ2v) is 3.56. The van der Waals surface area contributed by atoms with Crippen LogP contribution < -0.4 is 5.73 Å². The zero-order valence-corrected chi connectivity index (χ0v) is 8.14. The van der Waals surface area contributed by atoms with Gasteiger partial charge in [0, 0.05) is 18.3 Å². The summed E-state index contributed by atoms with van der Waals surface area (Å²) in [4.78, 5) is 4.71. The maximum atomic E-state index is 5.44. The van der Waals surface area contributed by atoms with E-state index in [0.29, 0.717) is 17.5 Å². The van der Waals surface area contributed by atoms with E-state index in [9.17, 15) is 0 Å². The van der Waals surface area contributed by atoms with E-state index in [1.54, 1.807) is 6.20 Å². The Morgan fingerprint density at radius 1 is 1.75 bits per heavy atom. The maximum Gasteiger partial charge on any atom is 0.111 e. The van der Waals surface area contributed by atoms with Crippen LogP contribution in [-0.2, 0) is 6.54 Å². The zero-order chi connectivity index (χ0) is 9.14. The molecule has 0 unspecified atom stereocenters. The van der Waals surface area contributed by atoms with Crippen molar-refractivity contribution in [1.29, 1.82) is 0 Å². The molecular formula is C8H13N3S. The summed E-state index contributed by atoms with van der Waals surface area (Å²) < 4.78 is 1.98. The first kappa shape index (κ1) is 9.19. The van der Waals surface area contributed by atoms with Crippen LogP contribution in [0.3, 0.4) is 0 Å². The van der Waals surface area contributed by atoms with Crippen LogP contribution in [0.5, 0.6) is 0 Å². The quantitative estimate of drug-likeness (QED) is 0.718. The Kier molecular flexibility index (Phi) is 2.81. The molecule has 4 heteroatoms. The predicted octanol–water partition coefficient (Wildman–Crippen LogP) is 1.29. The summed E-state index contributed by atoms with van der Waals surface area (Å²) in [6.45, 7) is 4.78. The largest absolute Gasteiger partial charge is 0.392 e. The second kappa shape index (κ2) is 3.67. The van der Waals surface area contributed by atoms with Crippen molar-refractivity contribution in [2.75, 3.05) is 0 Å². The molecule has 1 heterocycles. The van der Waals surface area contributed by atoms with Gasteiger partial charge in [-0.05, 0) is 0 Å². The highest BCUT2D eigenvalue weighted by Gasteiger charge is 2.06. The number of nitrogens with two attached hydrogens (primary N) is 1. The first-order valence-electron chi connectivity index (χ1n) is 3.90. The van der Waals surface area contributed by atoms with E-state index in [-0.39, 0.29) is 0 Å². The summed E-state index contributed by atoms with van der Waals surface area (Å²) in [5.41, 5.74) is 5.44. The number of aromatic nitrogens is 2. The van der Waals surface area contributed by atoms with E-state index in [1.807, 2.05) is 10.8 Å². The molecular weight excluding hydrogens is 170 g/mol. The van der Waals surface area contributed by atoms with Gasteiger partial charge in [0.05, 0.1) is 11.5 Å². The summed E-state index contributed by atoms with van der Waals surface area (Å²) in [6.07, 6.45) is 3.67. The van der Waals surface area contributed by atoms with Crippen LogP contribution in [-0.4, -0.2) is 14.5 Å². The van der Waals surface area contributed by atoms with Crippen molar-refractivity contribution in [3.63, 3.8) is 0 Å². The number of imidazole rings is 1. The van der Waals surface area contributed by atoms with Gasteiger partial charge in [-0.1, -0.05) is 26.1 Å². The molecule has 0 radical (unpaired) electrons. The third-order valence-electron chi connectivity index (χ3n) is 1.59. The fourth-order valence-electron chi connectivity index (χ4n) is 1.12. The average Bonchev–Trinajstić information content (AvgIpc) is 2.33. The van der Waals surface area contributed by atoms with Crippen molar-refractivity contribution in [1.82, 2.24) is 9.55 Å². The molecule has 1 aromatic rings. The summed E-state index contributed by atoms with van der Waals surface area (Å²) in [7, 11) is 0. The van der Waals surface area contributed by atoms with Crippen LogP contribution in [0.25, 0.3) is 0 Å². The molecule has 0 aliphatic heterocycles. The normalized spacial score (nSPS) is 10.6. The maximum absolute atomic E-state index is 5.44. The van der Waals surface area contributed by atoms with Gasteiger partial charge in [0.15, 0.2) is 0 Å². The van der Waals surface area contributed by atoms with Crippen LogP contribution in [0.4, 0.5) is 0 Å². The second-order valence-electron chi connectivity index (χ2n) is 3.03. The molecule has 0 bridgehead atoms. The smallest absolute Gasteiger partial charge is 0.111 e. The summed E-state index contributed by atoms with van der Waals surface area (Å²) in [5.74, 6) is 1.44. The van der Waals surface area contributed by atoms with Gasteiger partial charge in [0.25, 0.3) is 0 Å². The number of rotatable bonds is 3. The number of hydrogen-bond donors (Lipinski definition) is 1. The predicted molar refractivity (Wildman–Crippen MR) is 53.1 cm³/mol. The van der Waals surface area contributed by atoms with Gasteiger partial charge in [-0.3, -0.25) is 0 Å². The molecule has 0 amide bonds. The first-order chi connectivity index (χ1) is 5.61. The van der Waals surface area contributed by atoms with E-state index >= 15 is 0 Å². The molecule has 2 N–H and O–H groups in total. The van der Waals surface area contributed by atoms with Crippen LogP contribution in [0.1, 0.15) is 25.6 Å². The Morgan fingerprint density at radius 3 is 2.92 bits per heavy atom. The third-order valence-corrected chi connectivity index (χ3v) is 1.72.